The first kappa shape index (κ1) is 5.31. The average molecular weight is 252 g/mol. The number of carbonyl (C=O) groups is 1. The summed E-state index contributed by atoms with van der Waals surface area (Å²) in [5.41, 5.74) is -0.492. The van der Waals surface area contributed by atoms with Crippen molar-refractivity contribution in [2.45, 2.75) is 13.3 Å². The summed E-state index contributed by atoms with van der Waals surface area (Å²) in [6, 6.07) is -3.42. The third kappa shape index (κ3) is 2.80. The molecule has 1 amide bonds. The van der Waals surface area contributed by atoms with Crippen molar-refractivity contribution in [3.63, 3.8) is 0 Å². The molecule has 0 spiro atoms. The molecule has 2 rings (SSSR count). The molecule has 0 heterocycles. The first-order valence-corrected chi connectivity index (χ1v) is 5.21. The zero-order valence-electron chi connectivity index (χ0n) is 19.0. The maximum absolute atomic E-state index is 11.3. The van der Waals surface area contributed by atoms with Crippen molar-refractivity contribution >= 4 is 16.7 Å². The Labute approximate surface area is 119 Å². The monoisotopic (exact) mass is 252 g/mol. The zero-order chi connectivity index (χ0) is 20.8. The van der Waals surface area contributed by atoms with Crippen LogP contribution in [-0.2, 0) is 11.2 Å². The maximum atomic E-state index is 11.3. The SMILES string of the molecule is [2H]c1c([2H])c(C([2H])([2H])CN([2H])C(C)=O)c2c([2H])c(OC)c([2H])c([2H])c2c1[2H]. The van der Waals surface area contributed by atoms with Gasteiger partial charge in [0.1, 0.15) is 5.75 Å². The van der Waals surface area contributed by atoms with Gasteiger partial charge in [-0.25, -0.2) is 0 Å². The van der Waals surface area contributed by atoms with E-state index in [1.807, 2.05) is 0 Å². The highest BCUT2D eigenvalue weighted by molar-refractivity contribution is 5.87. The van der Waals surface area contributed by atoms with Crippen molar-refractivity contribution in [2.24, 2.45) is 0 Å². The number of hydrogen-bond donors (Lipinski definition) is 1. The Bertz CT molecular complexity index is 946. The van der Waals surface area contributed by atoms with Crippen molar-refractivity contribution in [2.75, 3.05) is 13.7 Å². The molecular formula is C15H17NO2. The van der Waals surface area contributed by atoms with Crippen LogP contribution >= 0.6 is 0 Å². The fraction of sp³-hybridized carbons (Fsp3) is 0.267. The summed E-state index contributed by atoms with van der Waals surface area (Å²) in [5, 5.41) is -0.268. The van der Waals surface area contributed by atoms with E-state index in [1.165, 1.54) is 7.11 Å². The molecule has 0 aliphatic rings. The van der Waals surface area contributed by atoms with E-state index in [2.05, 4.69) is 0 Å². The molecule has 3 heteroatoms. The molecule has 0 unspecified atom stereocenters. The predicted molar refractivity (Wildman–Crippen MR) is 72.9 cm³/mol. The Morgan fingerprint density at radius 3 is 3.06 bits per heavy atom. The number of amides is 1. The Balaban J connectivity index is 3.03. The highest BCUT2D eigenvalue weighted by Crippen LogP contribution is 2.24. The molecule has 0 bridgehead atoms. The third-order valence-corrected chi connectivity index (χ3v) is 2.18. The predicted octanol–water partition coefficient (Wildman–Crippen LogP) is 2.53. The van der Waals surface area contributed by atoms with Gasteiger partial charge >= 0.3 is 0 Å². The number of benzene rings is 2. The number of methoxy groups -OCH3 is 1. The quantitative estimate of drug-likeness (QED) is 0.908. The van der Waals surface area contributed by atoms with Crippen LogP contribution in [0.15, 0.2) is 36.3 Å². The molecule has 3 nitrogen and oxygen atoms in total. The second kappa shape index (κ2) is 5.54. The smallest absolute Gasteiger partial charge is 0.216 e. The molecule has 0 fully saturated rings. The van der Waals surface area contributed by atoms with E-state index in [0.29, 0.717) is 5.31 Å². The van der Waals surface area contributed by atoms with Gasteiger partial charge < -0.3 is 10.0 Å². The number of nitrogens with one attached hydrogen (secondary N) is 1. The molecule has 1 N–H and O–H groups in total. The Kier molecular flexibility index (Phi) is 1.63. The first-order chi connectivity index (χ1) is 12.4. The summed E-state index contributed by atoms with van der Waals surface area (Å²) >= 11 is 0. The number of ether oxygens (including phenoxy) is 1. The molecule has 18 heavy (non-hydrogen) atoms. The Hall–Kier alpha value is -2.03. The topological polar surface area (TPSA) is 38.3 Å². The molecular weight excluding hydrogens is 226 g/mol. The van der Waals surface area contributed by atoms with Gasteiger partial charge in [-0.1, -0.05) is 24.2 Å². The summed E-state index contributed by atoms with van der Waals surface area (Å²) in [6.07, 6.45) is -2.52. The molecule has 94 valence electrons. The number of hydrogen-bond acceptors (Lipinski definition) is 2. The molecule has 0 aromatic heterocycles. The molecule has 0 aliphatic heterocycles. The molecule has 0 radical (unpaired) electrons. The van der Waals surface area contributed by atoms with Crippen molar-refractivity contribution < 1.29 is 21.9 Å². The minimum Gasteiger partial charge on any atom is -0.497 e. The summed E-state index contributed by atoms with van der Waals surface area (Å²) in [6.45, 7) is 0.288. The van der Waals surface area contributed by atoms with Gasteiger partial charge in [0, 0.05) is 16.2 Å². The van der Waals surface area contributed by atoms with E-state index in [0.717, 1.165) is 6.92 Å². The summed E-state index contributed by atoms with van der Waals surface area (Å²) in [4.78, 5) is 11.3. The van der Waals surface area contributed by atoms with Crippen LogP contribution in [0.1, 0.15) is 23.5 Å². The highest BCUT2D eigenvalue weighted by Gasteiger charge is 2.03. The minimum absolute atomic E-state index is 0.305. The van der Waals surface area contributed by atoms with Crippen LogP contribution in [0.2, 0.25) is 1.41 Å². The second-order valence-electron chi connectivity index (χ2n) is 3.42. The van der Waals surface area contributed by atoms with Crippen LogP contribution in [0.3, 0.4) is 0 Å². The van der Waals surface area contributed by atoms with Crippen molar-refractivity contribution in [3.05, 3.63) is 41.8 Å². The van der Waals surface area contributed by atoms with E-state index < -0.39 is 60.6 Å². The standard InChI is InChI=1S/C15H17NO2/c1-11(17)16-9-8-13-5-3-4-12-6-7-14(18-2)10-15(12)13/h3-7,10H,8-9H2,1-2H3,(H,16,17)/i3D,4D,5D,6D,7D,8D2,10D/hD. The molecule has 0 saturated heterocycles. The lowest BCUT2D eigenvalue weighted by molar-refractivity contribution is -0.118. The fourth-order valence-electron chi connectivity index (χ4n) is 1.35. The second-order valence-corrected chi connectivity index (χ2v) is 3.42. The largest absolute Gasteiger partial charge is 0.497 e. The lowest BCUT2D eigenvalue weighted by Crippen LogP contribution is -2.22. The van der Waals surface area contributed by atoms with Crippen molar-refractivity contribution in [1.82, 2.24) is 5.31 Å². The highest BCUT2D eigenvalue weighted by atomic mass is 16.5. The van der Waals surface area contributed by atoms with Crippen LogP contribution in [0.4, 0.5) is 0 Å². The average Bonchev–Trinajstić information content (AvgIpc) is 2.57. The number of rotatable bonds is 4. The van der Waals surface area contributed by atoms with Crippen LogP contribution < -0.4 is 10.0 Å². The van der Waals surface area contributed by atoms with E-state index in [4.69, 9.17) is 17.1 Å². The van der Waals surface area contributed by atoms with Crippen LogP contribution in [0.25, 0.3) is 10.8 Å². The summed E-state index contributed by atoms with van der Waals surface area (Å²) in [5.74, 6) is -1.06. The Morgan fingerprint density at radius 1 is 1.50 bits per heavy atom. The van der Waals surface area contributed by atoms with Gasteiger partial charge in [-0.3, -0.25) is 4.79 Å². The first-order valence-electron chi connectivity index (χ1n) is 9.66. The van der Waals surface area contributed by atoms with Gasteiger partial charge in [0.2, 0.25) is 5.91 Å². The van der Waals surface area contributed by atoms with Gasteiger partial charge in [-0.2, -0.15) is 0 Å². The third-order valence-electron chi connectivity index (χ3n) is 2.18. The van der Waals surface area contributed by atoms with Gasteiger partial charge in [0.15, 0.2) is 1.41 Å². The molecule has 2 aromatic rings. The lowest BCUT2D eigenvalue weighted by Gasteiger charge is -2.08. The van der Waals surface area contributed by atoms with Gasteiger partial charge in [0.05, 0.1) is 15.3 Å². The maximum Gasteiger partial charge on any atom is 0.216 e. The number of fused-ring (bicyclic) bond motifs is 1. The fourth-order valence-corrected chi connectivity index (χ4v) is 1.35. The zero-order valence-corrected chi connectivity index (χ0v) is 9.97. The summed E-state index contributed by atoms with van der Waals surface area (Å²) in [7, 11) is 1.17. The van der Waals surface area contributed by atoms with Crippen LogP contribution in [0, 0.1) is 0 Å². The summed E-state index contributed by atoms with van der Waals surface area (Å²) < 4.78 is 77.6. The molecule has 0 atom stereocenters. The molecule has 0 saturated carbocycles. The van der Waals surface area contributed by atoms with Crippen molar-refractivity contribution in [3.8, 4) is 5.75 Å². The molecule has 0 aliphatic carbocycles. The van der Waals surface area contributed by atoms with E-state index >= 15 is 0 Å². The Morgan fingerprint density at radius 2 is 2.33 bits per heavy atom. The van der Waals surface area contributed by atoms with E-state index in [1.54, 1.807) is 0 Å². The number of carbonyl (C=O) groups excluding carboxylic acids is 1. The van der Waals surface area contributed by atoms with Gasteiger partial charge in [-0.05, 0) is 34.8 Å². The van der Waals surface area contributed by atoms with E-state index in [9.17, 15) is 4.79 Å². The van der Waals surface area contributed by atoms with Crippen LogP contribution in [-0.4, -0.2) is 19.6 Å². The lowest BCUT2D eigenvalue weighted by atomic mass is 10.0. The van der Waals surface area contributed by atoms with Gasteiger partial charge in [0.25, 0.3) is 0 Å². The van der Waals surface area contributed by atoms with Crippen molar-refractivity contribution in [1.29, 1.82) is 0 Å². The van der Waals surface area contributed by atoms with E-state index in [-0.39, 0.29) is 16.5 Å². The molecule has 2 aromatic carbocycles. The van der Waals surface area contributed by atoms with Gasteiger partial charge in [-0.15, -0.1) is 0 Å². The minimum atomic E-state index is -2.52. The normalized spacial score (nSPS) is 18.2. The van der Waals surface area contributed by atoms with Crippen LogP contribution in [0.5, 0.6) is 5.75 Å².